The minimum atomic E-state index is -0.783. The molecule has 0 saturated heterocycles. The summed E-state index contributed by atoms with van der Waals surface area (Å²) in [4.78, 5) is 32.6. The van der Waals surface area contributed by atoms with Crippen LogP contribution in [-0.2, 0) is 23.9 Å². The number of cyclic esters (lactones) is 2. The Balaban J connectivity index is 2.35. The summed E-state index contributed by atoms with van der Waals surface area (Å²) in [5.41, 5.74) is 0.0240. The standard InChI is InChI=1S/C9H9ClO5/c10-2-1-3-14-7(11)4-6-5-8(12)15-9(6)13/h5H,1-4H2. The Labute approximate surface area is 91.0 Å². The van der Waals surface area contributed by atoms with Crippen molar-refractivity contribution in [1.82, 2.24) is 0 Å². The van der Waals surface area contributed by atoms with Gasteiger partial charge >= 0.3 is 17.9 Å². The average Bonchev–Trinajstić information content (AvgIpc) is 2.45. The van der Waals surface area contributed by atoms with Crippen molar-refractivity contribution in [2.75, 3.05) is 12.5 Å². The molecule has 0 spiro atoms. The number of carbonyl (C=O) groups is 3. The summed E-state index contributed by atoms with van der Waals surface area (Å²) in [5, 5.41) is 0. The van der Waals surface area contributed by atoms with Gasteiger partial charge in [0, 0.05) is 12.0 Å². The van der Waals surface area contributed by atoms with Gasteiger partial charge in [0.1, 0.15) is 0 Å². The van der Waals surface area contributed by atoms with Crippen molar-refractivity contribution in [3.05, 3.63) is 11.6 Å². The summed E-state index contributed by atoms with van der Waals surface area (Å²) in [5.74, 6) is -1.70. The van der Waals surface area contributed by atoms with Crippen LogP contribution in [0.25, 0.3) is 0 Å². The molecule has 0 amide bonds. The second kappa shape index (κ2) is 5.50. The monoisotopic (exact) mass is 232 g/mol. The summed E-state index contributed by atoms with van der Waals surface area (Å²) in [7, 11) is 0. The van der Waals surface area contributed by atoms with Crippen LogP contribution in [0.2, 0.25) is 0 Å². The zero-order valence-corrected chi connectivity index (χ0v) is 8.58. The summed E-state index contributed by atoms with van der Waals surface area (Å²) in [6, 6.07) is 0. The van der Waals surface area contributed by atoms with Crippen molar-refractivity contribution in [2.45, 2.75) is 12.8 Å². The quantitative estimate of drug-likeness (QED) is 0.300. The van der Waals surface area contributed by atoms with E-state index < -0.39 is 17.9 Å². The molecule has 0 N–H and O–H groups in total. The highest BCUT2D eigenvalue weighted by molar-refractivity contribution is 6.17. The Hall–Kier alpha value is -1.36. The number of rotatable bonds is 5. The molecule has 0 aromatic rings. The molecule has 0 aliphatic carbocycles. The molecule has 1 rings (SSSR count). The lowest BCUT2D eigenvalue weighted by Crippen LogP contribution is -2.10. The Bertz CT molecular complexity index is 320. The van der Waals surface area contributed by atoms with Crippen LogP contribution < -0.4 is 0 Å². The maximum Gasteiger partial charge on any atom is 0.342 e. The Kier molecular flexibility index (Phi) is 4.30. The van der Waals surface area contributed by atoms with Crippen molar-refractivity contribution < 1.29 is 23.9 Å². The molecule has 0 unspecified atom stereocenters. The molecule has 0 aromatic heterocycles. The number of ether oxygens (including phenoxy) is 2. The zero-order valence-electron chi connectivity index (χ0n) is 7.82. The van der Waals surface area contributed by atoms with Crippen LogP contribution in [0.1, 0.15) is 12.8 Å². The fourth-order valence-electron chi connectivity index (χ4n) is 0.958. The first-order chi connectivity index (χ1) is 7.13. The maximum absolute atomic E-state index is 11.1. The van der Waals surface area contributed by atoms with Crippen LogP contribution in [0, 0.1) is 0 Å². The van der Waals surface area contributed by atoms with E-state index in [0.29, 0.717) is 12.3 Å². The molecule has 15 heavy (non-hydrogen) atoms. The number of hydrogen-bond acceptors (Lipinski definition) is 5. The van der Waals surface area contributed by atoms with Crippen molar-refractivity contribution in [2.24, 2.45) is 0 Å². The summed E-state index contributed by atoms with van der Waals surface area (Å²) in [6.45, 7) is 0.207. The van der Waals surface area contributed by atoms with Gasteiger partial charge in [0.15, 0.2) is 0 Å². The van der Waals surface area contributed by atoms with E-state index in [9.17, 15) is 14.4 Å². The third-order valence-corrected chi connectivity index (χ3v) is 1.89. The number of carbonyl (C=O) groups excluding carboxylic acids is 3. The molecule has 0 saturated carbocycles. The van der Waals surface area contributed by atoms with Crippen LogP contribution in [0.4, 0.5) is 0 Å². The molecule has 82 valence electrons. The smallest absolute Gasteiger partial charge is 0.342 e. The van der Waals surface area contributed by atoms with E-state index >= 15 is 0 Å². The van der Waals surface area contributed by atoms with Gasteiger partial charge in [-0.15, -0.1) is 11.6 Å². The first-order valence-corrected chi connectivity index (χ1v) is 4.85. The fourth-order valence-corrected chi connectivity index (χ4v) is 1.07. The first kappa shape index (κ1) is 11.7. The van der Waals surface area contributed by atoms with Crippen LogP contribution in [0.3, 0.4) is 0 Å². The van der Waals surface area contributed by atoms with Crippen LogP contribution in [0.15, 0.2) is 11.6 Å². The van der Waals surface area contributed by atoms with Crippen LogP contribution in [0.5, 0.6) is 0 Å². The molecule has 0 aromatic carbocycles. The molecular formula is C9H9ClO5. The zero-order chi connectivity index (χ0) is 11.3. The highest BCUT2D eigenvalue weighted by atomic mass is 35.5. The van der Waals surface area contributed by atoms with E-state index in [1.165, 1.54) is 0 Å². The van der Waals surface area contributed by atoms with Gasteiger partial charge in [-0.1, -0.05) is 0 Å². The van der Waals surface area contributed by atoms with Crippen molar-refractivity contribution >= 4 is 29.5 Å². The average molecular weight is 233 g/mol. The highest BCUT2D eigenvalue weighted by Crippen LogP contribution is 2.12. The van der Waals surface area contributed by atoms with Crippen molar-refractivity contribution in [1.29, 1.82) is 0 Å². The lowest BCUT2D eigenvalue weighted by atomic mass is 10.2. The number of esters is 3. The van der Waals surface area contributed by atoms with E-state index in [4.69, 9.17) is 16.3 Å². The van der Waals surface area contributed by atoms with E-state index in [-0.39, 0.29) is 18.6 Å². The predicted molar refractivity (Wildman–Crippen MR) is 50.1 cm³/mol. The molecule has 0 fully saturated rings. The third kappa shape index (κ3) is 3.71. The third-order valence-electron chi connectivity index (χ3n) is 1.62. The second-order valence-electron chi connectivity index (χ2n) is 2.82. The lowest BCUT2D eigenvalue weighted by Gasteiger charge is -2.02. The van der Waals surface area contributed by atoms with Gasteiger partial charge in [-0.05, 0) is 6.42 Å². The number of hydrogen-bond donors (Lipinski definition) is 0. The number of halogens is 1. The van der Waals surface area contributed by atoms with E-state index in [1.807, 2.05) is 0 Å². The van der Waals surface area contributed by atoms with Gasteiger partial charge < -0.3 is 9.47 Å². The molecule has 0 radical (unpaired) electrons. The normalized spacial score (nSPS) is 14.9. The maximum atomic E-state index is 11.1. The molecule has 0 atom stereocenters. The predicted octanol–water partition coefficient (Wildman–Crippen LogP) is 0.558. The topological polar surface area (TPSA) is 69.7 Å². The number of alkyl halides is 1. The molecule has 1 aliphatic heterocycles. The van der Waals surface area contributed by atoms with Crippen molar-refractivity contribution in [3.63, 3.8) is 0 Å². The fraction of sp³-hybridized carbons (Fsp3) is 0.444. The Morgan fingerprint density at radius 1 is 1.47 bits per heavy atom. The highest BCUT2D eigenvalue weighted by Gasteiger charge is 2.25. The van der Waals surface area contributed by atoms with Crippen LogP contribution in [-0.4, -0.2) is 30.4 Å². The molecule has 5 nitrogen and oxygen atoms in total. The molecule has 1 heterocycles. The van der Waals surface area contributed by atoms with E-state index in [2.05, 4.69) is 4.74 Å². The largest absolute Gasteiger partial charge is 0.465 e. The minimum Gasteiger partial charge on any atom is -0.465 e. The van der Waals surface area contributed by atoms with E-state index in [0.717, 1.165) is 6.08 Å². The molecule has 1 aliphatic rings. The van der Waals surface area contributed by atoms with Gasteiger partial charge in [-0.2, -0.15) is 0 Å². The molecule has 6 heteroatoms. The minimum absolute atomic E-state index is 0.0240. The Morgan fingerprint density at radius 2 is 2.20 bits per heavy atom. The molecular weight excluding hydrogens is 224 g/mol. The van der Waals surface area contributed by atoms with Gasteiger partial charge in [-0.25, -0.2) is 9.59 Å². The Morgan fingerprint density at radius 3 is 2.73 bits per heavy atom. The first-order valence-electron chi connectivity index (χ1n) is 4.32. The molecule has 0 bridgehead atoms. The van der Waals surface area contributed by atoms with Gasteiger partial charge in [0.05, 0.1) is 18.6 Å². The van der Waals surface area contributed by atoms with Crippen molar-refractivity contribution in [3.8, 4) is 0 Å². The lowest BCUT2D eigenvalue weighted by molar-refractivity contribution is -0.152. The van der Waals surface area contributed by atoms with E-state index in [1.54, 1.807) is 0 Å². The summed E-state index contributed by atoms with van der Waals surface area (Å²) in [6.07, 6.45) is 1.30. The summed E-state index contributed by atoms with van der Waals surface area (Å²) < 4.78 is 8.95. The van der Waals surface area contributed by atoms with Crippen LogP contribution >= 0.6 is 11.6 Å². The summed E-state index contributed by atoms with van der Waals surface area (Å²) >= 11 is 5.38. The van der Waals surface area contributed by atoms with Gasteiger partial charge in [0.25, 0.3) is 0 Å². The van der Waals surface area contributed by atoms with Gasteiger partial charge in [-0.3, -0.25) is 4.79 Å². The second-order valence-corrected chi connectivity index (χ2v) is 3.20. The van der Waals surface area contributed by atoms with Gasteiger partial charge in [0.2, 0.25) is 0 Å². The SMILES string of the molecule is O=C1C=C(CC(=O)OCCCCl)C(=O)O1.